The molecule has 136 valence electrons. The largest absolute Gasteiger partial charge is 0.507 e. The monoisotopic (exact) mass is 358 g/mol. The molecule has 0 spiro atoms. The van der Waals surface area contributed by atoms with E-state index in [9.17, 15) is 14.7 Å². The zero-order chi connectivity index (χ0) is 19.2. The van der Waals surface area contributed by atoms with Crippen LogP contribution in [0.4, 0.5) is 0 Å². The summed E-state index contributed by atoms with van der Waals surface area (Å²) in [5.41, 5.74) is 1.74. The highest BCUT2D eigenvalue weighted by atomic mass is 16.6. The van der Waals surface area contributed by atoms with Crippen molar-refractivity contribution in [2.24, 2.45) is 0 Å². The number of hydrogen-bond donors (Lipinski definition) is 1. The van der Waals surface area contributed by atoms with Gasteiger partial charge in [0.05, 0.1) is 14.2 Å². The van der Waals surface area contributed by atoms with Crippen molar-refractivity contribution in [2.45, 2.75) is 20.8 Å². The second-order valence-corrected chi connectivity index (χ2v) is 5.93. The van der Waals surface area contributed by atoms with Crippen LogP contribution in [0.15, 0.2) is 12.1 Å². The average molecular weight is 358 g/mol. The molecule has 1 aliphatic heterocycles. The Hall–Kier alpha value is -3.22. The van der Waals surface area contributed by atoms with Crippen LogP contribution in [0.3, 0.4) is 0 Å². The van der Waals surface area contributed by atoms with Gasteiger partial charge in [-0.1, -0.05) is 0 Å². The number of methoxy groups -OCH3 is 2. The summed E-state index contributed by atoms with van der Waals surface area (Å²) in [6.07, 6.45) is 0. The quantitative estimate of drug-likeness (QED) is 0.649. The van der Waals surface area contributed by atoms with Crippen molar-refractivity contribution in [3.63, 3.8) is 0 Å². The molecule has 3 rings (SSSR count). The van der Waals surface area contributed by atoms with Crippen molar-refractivity contribution in [2.75, 3.05) is 14.2 Å². The number of phenolic OH excluding ortho intramolecular Hbond substituents is 1. The van der Waals surface area contributed by atoms with Crippen molar-refractivity contribution < 1.29 is 33.6 Å². The first-order valence-corrected chi connectivity index (χ1v) is 7.83. The van der Waals surface area contributed by atoms with Gasteiger partial charge in [-0.2, -0.15) is 0 Å². The van der Waals surface area contributed by atoms with Gasteiger partial charge in [-0.15, -0.1) is 0 Å². The Morgan fingerprint density at radius 2 is 1.73 bits per heavy atom. The molecule has 0 saturated heterocycles. The Bertz CT molecular complexity index is 944. The summed E-state index contributed by atoms with van der Waals surface area (Å²) in [7, 11) is 2.73. The van der Waals surface area contributed by atoms with Gasteiger partial charge in [0.2, 0.25) is 0 Å². The Labute approximate surface area is 150 Å². The zero-order valence-electron chi connectivity index (χ0n) is 15.1. The standard InChI is InChI=1S/C19H18O7/c1-8-6-12(23-4)9(2)17-14(8)19(22)25-13-7-11(20)15(18(21)24-5)10(3)16(13)26-17/h6-7,20H,1-5H3. The second-order valence-electron chi connectivity index (χ2n) is 5.93. The van der Waals surface area contributed by atoms with Crippen molar-refractivity contribution in [3.05, 3.63) is 39.9 Å². The Morgan fingerprint density at radius 3 is 2.35 bits per heavy atom. The molecule has 1 N–H and O–H groups in total. The third-order valence-electron chi connectivity index (χ3n) is 4.36. The molecule has 0 amide bonds. The van der Waals surface area contributed by atoms with Crippen LogP contribution in [0.5, 0.6) is 28.7 Å². The molecule has 0 fully saturated rings. The Kier molecular flexibility index (Phi) is 4.23. The Balaban J connectivity index is 2.30. The van der Waals surface area contributed by atoms with Crippen LogP contribution in [0.25, 0.3) is 0 Å². The fourth-order valence-electron chi connectivity index (χ4n) is 3.02. The summed E-state index contributed by atoms with van der Waals surface area (Å²) in [4.78, 5) is 24.6. The van der Waals surface area contributed by atoms with E-state index in [0.29, 0.717) is 22.4 Å². The minimum absolute atomic E-state index is 0.0200. The number of carbonyl (C=O) groups is 2. The highest BCUT2D eigenvalue weighted by molar-refractivity contribution is 5.99. The van der Waals surface area contributed by atoms with E-state index in [0.717, 1.165) is 0 Å². The number of phenols is 1. The first-order chi connectivity index (χ1) is 12.3. The zero-order valence-corrected chi connectivity index (χ0v) is 15.1. The number of fused-ring (bicyclic) bond motifs is 2. The van der Waals surface area contributed by atoms with Crippen molar-refractivity contribution >= 4 is 11.9 Å². The molecular weight excluding hydrogens is 340 g/mol. The number of esters is 2. The van der Waals surface area contributed by atoms with Gasteiger partial charge in [0.25, 0.3) is 0 Å². The third kappa shape index (κ3) is 2.52. The number of benzene rings is 2. The van der Waals surface area contributed by atoms with Crippen LogP contribution in [0.1, 0.15) is 37.4 Å². The SMILES string of the molecule is COC(=O)c1c(O)cc2c(c1C)Oc1c(C)c(OC)cc(C)c1C(=O)O2. The smallest absolute Gasteiger partial charge is 0.347 e. The molecule has 1 heterocycles. The van der Waals surface area contributed by atoms with E-state index in [4.69, 9.17) is 18.9 Å². The fourth-order valence-corrected chi connectivity index (χ4v) is 3.02. The van der Waals surface area contributed by atoms with Crippen molar-refractivity contribution in [3.8, 4) is 28.7 Å². The van der Waals surface area contributed by atoms with E-state index >= 15 is 0 Å². The van der Waals surface area contributed by atoms with Gasteiger partial charge in [0.1, 0.15) is 28.4 Å². The number of aryl methyl sites for hydroxylation is 1. The molecule has 7 heteroatoms. The highest BCUT2D eigenvalue weighted by Crippen LogP contribution is 2.47. The summed E-state index contributed by atoms with van der Waals surface area (Å²) in [5, 5.41) is 10.2. The second kappa shape index (κ2) is 6.25. The number of aromatic hydroxyl groups is 1. The lowest BCUT2D eigenvalue weighted by atomic mass is 10.0. The lowest BCUT2D eigenvalue weighted by Crippen LogP contribution is -2.10. The number of hydrogen-bond acceptors (Lipinski definition) is 7. The predicted octanol–water partition coefficient (Wildman–Crippen LogP) is 3.44. The minimum Gasteiger partial charge on any atom is -0.507 e. The van der Waals surface area contributed by atoms with E-state index < -0.39 is 11.9 Å². The summed E-state index contributed by atoms with van der Waals surface area (Å²) >= 11 is 0. The van der Waals surface area contributed by atoms with Gasteiger partial charge in [0, 0.05) is 17.2 Å². The van der Waals surface area contributed by atoms with Crippen LogP contribution in [-0.4, -0.2) is 31.3 Å². The predicted molar refractivity (Wildman–Crippen MR) is 91.7 cm³/mol. The summed E-state index contributed by atoms with van der Waals surface area (Å²) in [5.74, 6) is -0.677. The molecule has 2 aromatic carbocycles. The first kappa shape index (κ1) is 17.6. The topological polar surface area (TPSA) is 91.3 Å². The first-order valence-electron chi connectivity index (χ1n) is 7.83. The van der Waals surface area contributed by atoms with E-state index in [1.165, 1.54) is 20.3 Å². The maximum atomic E-state index is 12.6. The van der Waals surface area contributed by atoms with Gasteiger partial charge >= 0.3 is 11.9 Å². The third-order valence-corrected chi connectivity index (χ3v) is 4.36. The lowest BCUT2D eigenvalue weighted by molar-refractivity contribution is 0.0596. The molecule has 0 atom stereocenters. The normalized spacial score (nSPS) is 12.3. The van der Waals surface area contributed by atoms with Gasteiger partial charge in [-0.3, -0.25) is 0 Å². The van der Waals surface area contributed by atoms with Crippen molar-refractivity contribution in [1.29, 1.82) is 0 Å². The number of carbonyl (C=O) groups excluding carboxylic acids is 2. The summed E-state index contributed by atoms with van der Waals surface area (Å²) < 4.78 is 21.5. The van der Waals surface area contributed by atoms with Gasteiger partial charge in [-0.05, 0) is 32.4 Å². The van der Waals surface area contributed by atoms with Gasteiger partial charge in [-0.25, -0.2) is 9.59 Å². The maximum absolute atomic E-state index is 12.6. The molecule has 0 radical (unpaired) electrons. The van der Waals surface area contributed by atoms with Gasteiger partial charge in [0.15, 0.2) is 11.5 Å². The molecule has 2 aromatic rings. The van der Waals surface area contributed by atoms with Crippen LogP contribution < -0.4 is 14.2 Å². The summed E-state index contributed by atoms with van der Waals surface area (Å²) in [6, 6.07) is 2.89. The lowest BCUT2D eigenvalue weighted by Gasteiger charge is -2.16. The molecule has 0 unspecified atom stereocenters. The van der Waals surface area contributed by atoms with E-state index in [1.54, 1.807) is 26.8 Å². The minimum atomic E-state index is -0.722. The molecule has 26 heavy (non-hydrogen) atoms. The molecule has 0 aromatic heterocycles. The van der Waals surface area contributed by atoms with E-state index in [-0.39, 0.29) is 34.1 Å². The van der Waals surface area contributed by atoms with E-state index in [1.807, 2.05) is 0 Å². The number of ether oxygens (including phenoxy) is 4. The van der Waals surface area contributed by atoms with E-state index in [2.05, 4.69) is 0 Å². The molecule has 7 nitrogen and oxygen atoms in total. The fraction of sp³-hybridized carbons (Fsp3) is 0.263. The molecular formula is C19H18O7. The molecule has 0 bridgehead atoms. The summed E-state index contributed by atoms with van der Waals surface area (Å²) in [6.45, 7) is 5.07. The molecule has 0 aliphatic carbocycles. The maximum Gasteiger partial charge on any atom is 0.347 e. The Morgan fingerprint density at radius 1 is 1.04 bits per heavy atom. The van der Waals surface area contributed by atoms with Gasteiger partial charge < -0.3 is 24.1 Å². The molecule has 0 saturated carbocycles. The number of rotatable bonds is 2. The molecule has 1 aliphatic rings. The average Bonchev–Trinajstić information content (AvgIpc) is 2.74. The van der Waals surface area contributed by atoms with Crippen LogP contribution in [0, 0.1) is 20.8 Å². The van der Waals surface area contributed by atoms with Crippen LogP contribution >= 0.6 is 0 Å². The highest BCUT2D eigenvalue weighted by Gasteiger charge is 2.32. The van der Waals surface area contributed by atoms with Crippen LogP contribution in [-0.2, 0) is 4.74 Å². The van der Waals surface area contributed by atoms with Crippen molar-refractivity contribution in [1.82, 2.24) is 0 Å². The van der Waals surface area contributed by atoms with Crippen LogP contribution in [0.2, 0.25) is 0 Å².